The van der Waals surface area contributed by atoms with E-state index in [1.807, 2.05) is 0 Å². The summed E-state index contributed by atoms with van der Waals surface area (Å²) in [5.74, 6) is 0. The molecule has 2 aliphatic rings. The van der Waals surface area contributed by atoms with Gasteiger partial charge in [0, 0.05) is 0 Å². The first-order valence-electron chi connectivity index (χ1n) is 2.65. The zero-order valence-corrected chi connectivity index (χ0v) is 9.86. The molecule has 0 atom stereocenters. The van der Waals surface area contributed by atoms with Crippen LogP contribution in [0.15, 0.2) is 0 Å². The summed E-state index contributed by atoms with van der Waals surface area (Å²) in [7, 11) is 0. The normalized spacial score (nSPS) is 18.6. The first-order valence-corrected chi connectivity index (χ1v) is 2.65. The van der Waals surface area contributed by atoms with Gasteiger partial charge in [-0.15, -0.1) is 0 Å². The first-order chi connectivity index (χ1) is 5.93. The maximum atomic E-state index is 9.90. The van der Waals surface area contributed by atoms with Crippen LogP contribution in [0.25, 0.3) is 0 Å². The molecular weight excluding hydrogens is 280 g/mol. The summed E-state index contributed by atoms with van der Waals surface area (Å²) in [6.07, 6.45) is -5.97. The van der Waals surface area contributed by atoms with Crippen molar-refractivity contribution < 1.29 is 43.5 Å². The average Bonchev–Trinajstić information content (AvgIpc) is 1.79. The summed E-state index contributed by atoms with van der Waals surface area (Å²) in [5, 5.41) is 16.7. The van der Waals surface area contributed by atoms with Crippen molar-refractivity contribution >= 4 is 63.9 Å². The summed E-state index contributed by atoms with van der Waals surface area (Å²) >= 11 is 0. The van der Waals surface area contributed by atoms with E-state index in [1.54, 1.807) is 0 Å². The molecule has 0 aromatic rings. The summed E-state index contributed by atoms with van der Waals surface area (Å²) < 4.78 is 16.4. The third-order valence-electron chi connectivity index (χ3n) is 0.833. The smallest absolute Gasteiger partial charge is 0.652 e. The van der Waals surface area contributed by atoms with Crippen molar-refractivity contribution in [3.8, 4) is 0 Å². The second-order valence-electron chi connectivity index (χ2n) is 1.66. The van der Waals surface area contributed by atoms with Gasteiger partial charge in [-0.1, -0.05) is 0 Å². The molecular formula is C4O9Sr. The van der Waals surface area contributed by atoms with Gasteiger partial charge in [0.25, 0.3) is 0 Å². The van der Waals surface area contributed by atoms with Crippen molar-refractivity contribution in [2.45, 2.75) is 6.16 Å². The van der Waals surface area contributed by atoms with Crippen molar-refractivity contribution in [1.29, 1.82) is 0 Å². The molecule has 0 N–H and O–H groups in total. The van der Waals surface area contributed by atoms with Gasteiger partial charge in [-0.3, -0.25) is 0 Å². The van der Waals surface area contributed by atoms with Crippen LogP contribution in [0.2, 0.25) is 0 Å². The van der Waals surface area contributed by atoms with Gasteiger partial charge in [-0.05, 0) is 6.16 Å². The van der Waals surface area contributed by atoms with E-state index < -0.39 is 24.6 Å². The molecule has 2 fully saturated rings. The molecule has 0 aliphatic carbocycles. The quantitative estimate of drug-likeness (QED) is 0.338. The number of carboxylic acid groups (broad SMARTS) is 2. The number of hydrogen-bond acceptors (Lipinski definition) is 9. The number of ether oxygens (including phenoxy) is 4. The molecule has 2 aliphatic heterocycles. The van der Waals surface area contributed by atoms with Crippen LogP contribution in [-0.2, 0) is 18.9 Å². The topological polar surface area (TPSA) is 134 Å². The summed E-state index contributed by atoms with van der Waals surface area (Å²) in [6.45, 7) is 0. The average molecular weight is 280 g/mol. The maximum Gasteiger partial charge on any atom is 2.00 e. The predicted octanol–water partition coefficient (Wildman–Crippen LogP) is -2.90. The molecule has 2 heterocycles. The molecule has 0 aromatic carbocycles. The Labute approximate surface area is 113 Å². The summed E-state index contributed by atoms with van der Waals surface area (Å²) in [6, 6.07) is 0. The molecule has 14 heavy (non-hydrogen) atoms. The number of rotatable bonds is 0. The van der Waals surface area contributed by atoms with Gasteiger partial charge < -0.3 is 34.0 Å². The van der Waals surface area contributed by atoms with Gasteiger partial charge in [0.2, 0.25) is 0 Å². The van der Waals surface area contributed by atoms with E-state index in [2.05, 4.69) is 18.9 Å². The van der Waals surface area contributed by atoms with E-state index in [4.69, 9.17) is 15.0 Å². The van der Waals surface area contributed by atoms with E-state index in [-0.39, 0.29) is 45.5 Å². The van der Waals surface area contributed by atoms with Crippen molar-refractivity contribution in [3.05, 3.63) is 0 Å². The van der Waals surface area contributed by atoms with Gasteiger partial charge in [0.1, 0.15) is 0 Å². The zero-order chi connectivity index (χ0) is 10.1. The van der Waals surface area contributed by atoms with Gasteiger partial charge >= 0.3 is 64.0 Å². The van der Waals surface area contributed by atoms with Crippen LogP contribution >= 0.6 is 0 Å². The Morgan fingerprint density at radius 1 is 1.00 bits per heavy atom. The molecule has 1 spiro atoms. The Bertz CT molecular complexity index is 226. The summed E-state index contributed by atoms with van der Waals surface area (Å²) in [5.41, 5.74) is 0. The molecule has 0 saturated carbocycles. The van der Waals surface area contributed by atoms with Gasteiger partial charge in [-0.25, -0.2) is 9.59 Å². The minimum atomic E-state index is -2.33. The van der Waals surface area contributed by atoms with Crippen LogP contribution in [-0.4, -0.2) is 70.1 Å². The zero-order valence-electron chi connectivity index (χ0n) is 6.38. The molecule has 0 bridgehead atoms. The molecule has 0 unspecified atom stereocenters. The Morgan fingerprint density at radius 3 is 1.36 bits per heavy atom. The maximum absolute atomic E-state index is 9.90. The Balaban J connectivity index is 0.000000299. The van der Waals surface area contributed by atoms with Gasteiger partial charge in [0.15, 0.2) is 0 Å². The first kappa shape index (κ1) is 13.3. The minimum Gasteiger partial charge on any atom is -0.652 e. The van der Waals surface area contributed by atoms with Crippen LogP contribution in [0.5, 0.6) is 0 Å². The molecule has 2 saturated heterocycles. The van der Waals surface area contributed by atoms with Crippen LogP contribution in [0, 0.1) is 0 Å². The van der Waals surface area contributed by atoms with Crippen molar-refractivity contribution in [1.82, 2.24) is 0 Å². The van der Waals surface area contributed by atoms with Crippen molar-refractivity contribution in [2.75, 3.05) is 0 Å². The minimum absolute atomic E-state index is 0. The molecule has 2 rings (SSSR count). The molecule has 0 radical (unpaired) electrons. The van der Waals surface area contributed by atoms with Gasteiger partial charge in [0.05, 0.1) is 0 Å². The molecule has 0 amide bonds. The second kappa shape index (κ2) is 4.68. The Hall–Kier alpha value is -0.709. The standard InChI is InChI=1S/C3O6.CH2O3.Sr/c4-1-6-3(7-1)8-2(5)9-3;2-1(3)4;/h;(H2,2,3,4);/q;;+2/p-2. The van der Waals surface area contributed by atoms with Gasteiger partial charge in [-0.2, -0.15) is 0 Å². The predicted molar refractivity (Wildman–Crippen MR) is 29.0 cm³/mol. The fraction of sp³-hybridized carbons (Fsp3) is 0.250. The largest absolute Gasteiger partial charge is 2.00 e. The number of hydrogen-bond donors (Lipinski definition) is 0. The molecule has 72 valence electrons. The van der Waals surface area contributed by atoms with E-state index >= 15 is 0 Å². The fourth-order valence-corrected chi connectivity index (χ4v) is 0.507. The molecule has 0 aromatic heterocycles. The SMILES string of the molecule is O=C([O-])[O-].O=C1OC2(O1)OC(=O)O2.[Sr+2]. The van der Waals surface area contributed by atoms with Crippen LogP contribution in [0.1, 0.15) is 0 Å². The van der Waals surface area contributed by atoms with Crippen molar-refractivity contribution in [2.24, 2.45) is 0 Å². The third kappa shape index (κ3) is 3.21. The number of carbonyl (C=O) groups is 3. The van der Waals surface area contributed by atoms with E-state index in [1.165, 1.54) is 0 Å². The van der Waals surface area contributed by atoms with Crippen LogP contribution in [0.4, 0.5) is 14.4 Å². The number of carbonyl (C=O) groups excluding carboxylic acids is 3. The second-order valence-corrected chi connectivity index (χ2v) is 1.66. The monoisotopic (exact) mass is 280 g/mol. The van der Waals surface area contributed by atoms with Crippen LogP contribution < -0.4 is 10.2 Å². The Morgan fingerprint density at radius 2 is 1.21 bits per heavy atom. The van der Waals surface area contributed by atoms with E-state index in [9.17, 15) is 9.59 Å². The summed E-state index contributed by atoms with van der Waals surface area (Å²) in [4.78, 5) is 28.1. The third-order valence-corrected chi connectivity index (χ3v) is 0.833. The fourth-order valence-electron chi connectivity index (χ4n) is 0.507. The van der Waals surface area contributed by atoms with E-state index in [0.29, 0.717) is 0 Å². The molecule has 10 heteroatoms. The Kier molecular flexibility index (Phi) is 4.45. The van der Waals surface area contributed by atoms with Crippen molar-refractivity contribution in [3.63, 3.8) is 0 Å². The van der Waals surface area contributed by atoms with Crippen LogP contribution in [0.3, 0.4) is 0 Å². The molecule has 9 nitrogen and oxygen atoms in total. The van der Waals surface area contributed by atoms with E-state index in [0.717, 1.165) is 0 Å².